The van der Waals surface area contributed by atoms with Crippen LogP contribution in [0.1, 0.15) is 24.1 Å². The predicted octanol–water partition coefficient (Wildman–Crippen LogP) is 1.81. The molecule has 2 rings (SSSR count). The number of nitrogens with two attached hydrogens (primary N) is 1. The second kappa shape index (κ2) is 3.54. The Bertz CT molecular complexity index is 229. The zero-order valence-electron chi connectivity index (χ0n) is 7.07. The van der Waals surface area contributed by atoms with E-state index in [-0.39, 0.29) is 0 Å². The summed E-state index contributed by atoms with van der Waals surface area (Å²) in [7, 11) is 0. The summed E-state index contributed by atoms with van der Waals surface area (Å²) in [6.45, 7) is 0. The van der Waals surface area contributed by atoms with E-state index in [2.05, 4.69) is 4.98 Å². The number of rotatable bonds is 4. The normalized spacial score (nSPS) is 19.4. The summed E-state index contributed by atoms with van der Waals surface area (Å²) in [5.74, 6) is 0.938. The fraction of sp³-hybridized carbons (Fsp3) is 0.667. The summed E-state index contributed by atoms with van der Waals surface area (Å²) in [5, 5.41) is 0. The maximum atomic E-state index is 5.98. The third kappa shape index (κ3) is 2.29. The largest absolute Gasteiger partial charge is 0.327 e. The summed E-state index contributed by atoms with van der Waals surface area (Å²) in [5.41, 5.74) is 7.86. The average molecular weight is 182 g/mol. The van der Waals surface area contributed by atoms with Gasteiger partial charge in [-0.1, -0.05) is 12.8 Å². The maximum Gasteiger partial charge on any atom is 0.0794 e. The lowest BCUT2D eigenvalue weighted by Crippen LogP contribution is -2.22. The van der Waals surface area contributed by atoms with Crippen molar-refractivity contribution in [3.63, 3.8) is 0 Å². The summed E-state index contributed by atoms with van der Waals surface area (Å²) in [4.78, 5) is 5.36. The van der Waals surface area contributed by atoms with Gasteiger partial charge in [-0.25, -0.2) is 0 Å². The van der Waals surface area contributed by atoms with Gasteiger partial charge in [0, 0.05) is 17.1 Å². The summed E-state index contributed by atoms with van der Waals surface area (Å²) in [6.07, 6.45) is 6.95. The highest BCUT2D eigenvalue weighted by Crippen LogP contribution is 2.33. The van der Waals surface area contributed by atoms with Crippen molar-refractivity contribution in [2.45, 2.75) is 31.7 Å². The molecule has 0 amide bonds. The minimum Gasteiger partial charge on any atom is -0.327 e. The quantitative estimate of drug-likeness (QED) is 0.771. The summed E-state index contributed by atoms with van der Waals surface area (Å²) >= 11 is 1.71. The number of hydrogen-bond donors (Lipinski definition) is 1. The Morgan fingerprint density at radius 3 is 3.08 bits per heavy atom. The Hall–Kier alpha value is -0.410. The topological polar surface area (TPSA) is 38.9 Å². The molecular weight excluding hydrogens is 168 g/mol. The number of thiazole rings is 1. The van der Waals surface area contributed by atoms with Crippen LogP contribution < -0.4 is 5.73 Å². The van der Waals surface area contributed by atoms with E-state index in [0.29, 0.717) is 6.04 Å². The van der Waals surface area contributed by atoms with Crippen molar-refractivity contribution in [2.75, 3.05) is 0 Å². The zero-order chi connectivity index (χ0) is 8.39. The molecule has 1 aromatic rings. The molecule has 1 fully saturated rings. The van der Waals surface area contributed by atoms with Crippen LogP contribution in [0.25, 0.3) is 0 Å². The van der Waals surface area contributed by atoms with Gasteiger partial charge in [0.05, 0.1) is 5.51 Å². The van der Waals surface area contributed by atoms with Crippen LogP contribution in [0.3, 0.4) is 0 Å². The van der Waals surface area contributed by atoms with Crippen LogP contribution in [0.2, 0.25) is 0 Å². The number of hydrogen-bond acceptors (Lipinski definition) is 3. The van der Waals surface area contributed by atoms with Crippen LogP contribution in [0.15, 0.2) is 11.7 Å². The van der Waals surface area contributed by atoms with Gasteiger partial charge in [0.1, 0.15) is 0 Å². The van der Waals surface area contributed by atoms with E-state index in [9.17, 15) is 0 Å². The van der Waals surface area contributed by atoms with E-state index in [4.69, 9.17) is 5.73 Å². The average Bonchev–Trinajstić information content (AvgIpc) is 2.66. The van der Waals surface area contributed by atoms with Gasteiger partial charge in [-0.3, -0.25) is 4.98 Å². The molecule has 0 aliphatic heterocycles. The highest BCUT2D eigenvalue weighted by molar-refractivity contribution is 7.09. The third-order valence-corrected chi connectivity index (χ3v) is 3.08. The molecule has 0 radical (unpaired) electrons. The molecule has 2 N–H and O–H groups in total. The van der Waals surface area contributed by atoms with E-state index in [1.54, 1.807) is 11.3 Å². The predicted molar refractivity (Wildman–Crippen MR) is 51.1 cm³/mol. The van der Waals surface area contributed by atoms with E-state index < -0.39 is 0 Å². The molecule has 1 aliphatic rings. The molecule has 1 aromatic heterocycles. The lowest BCUT2D eigenvalue weighted by atomic mass is 10.1. The molecule has 3 heteroatoms. The first-order chi connectivity index (χ1) is 5.84. The van der Waals surface area contributed by atoms with Crippen molar-refractivity contribution in [3.05, 3.63) is 16.6 Å². The Balaban J connectivity index is 1.77. The molecule has 12 heavy (non-hydrogen) atoms. The van der Waals surface area contributed by atoms with Crippen LogP contribution in [-0.2, 0) is 6.42 Å². The van der Waals surface area contributed by atoms with Crippen LogP contribution >= 0.6 is 11.3 Å². The zero-order valence-corrected chi connectivity index (χ0v) is 7.89. The molecule has 1 saturated carbocycles. The van der Waals surface area contributed by atoms with Gasteiger partial charge in [0.25, 0.3) is 0 Å². The van der Waals surface area contributed by atoms with Crippen LogP contribution in [0.5, 0.6) is 0 Å². The van der Waals surface area contributed by atoms with Gasteiger partial charge in [-0.15, -0.1) is 11.3 Å². The molecule has 1 atom stereocenters. The van der Waals surface area contributed by atoms with Gasteiger partial charge >= 0.3 is 0 Å². The maximum absolute atomic E-state index is 5.98. The minimum absolute atomic E-state index is 0.359. The lowest BCUT2D eigenvalue weighted by Gasteiger charge is -2.07. The highest BCUT2D eigenvalue weighted by Gasteiger charge is 2.23. The van der Waals surface area contributed by atoms with Crippen molar-refractivity contribution in [1.82, 2.24) is 4.98 Å². The third-order valence-electron chi connectivity index (χ3n) is 2.28. The second-order valence-electron chi connectivity index (χ2n) is 3.61. The first-order valence-electron chi connectivity index (χ1n) is 4.47. The molecule has 0 spiro atoms. The van der Waals surface area contributed by atoms with Gasteiger partial charge in [-0.05, 0) is 18.8 Å². The smallest absolute Gasteiger partial charge is 0.0794 e. The summed E-state index contributed by atoms with van der Waals surface area (Å²) in [6, 6.07) is 0.359. The van der Waals surface area contributed by atoms with Crippen LogP contribution in [0, 0.1) is 5.92 Å². The van der Waals surface area contributed by atoms with Gasteiger partial charge < -0.3 is 5.73 Å². The Morgan fingerprint density at radius 2 is 2.50 bits per heavy atom. The molecule has 66 valence electrons. The van der Waals surface area contributed by atoms with Crippen molar-refractivity contribution >= 4 is 11.3 Å². The van der Waals surface area contributed by atoms with Gasteiger partial charge in [0.15, 0.2) is 0 Å². The van der Waals surface area contributed by atoms with Crippen LogP contribution in [-0.4, -0.2) is 11.0 Å². The highest BCUT2D eigenvalue weighted by atomic mass is 32.1. The molecule has 0 aromatic carbocycles. The molecule has 0 saturated heterocycles. The Labute approximate surface area is 76.8 Å². The SMILES string of the molecule is NC(Cc1cncs1)CC1CC1. The Kier molecular flexibility index (Phi) is 2.42. The molecule has 1 unspecified atom stereocenters. The number of aromatic nitrogens is 1. The lowest BCUT2D eigenvalue weighted by molar-refractivity contribution is 0.569. The number of nitrogens with zero attached hydrogens (tertiary/aromatic N) is 1. The van der Waals surface area contributed by atoms with Crippen molar-refractivity contribution in [2.24, 2.45) is 11.7 Å². The molecule has 1 aliphatic carbocycles. The standard InChI is InChI=1S/C9H14N2S/c10-8(3-7-1-2-7)4-9-5-11-6-12-9/h5-8H,1-4,10H2. The second-order valence-corrected chi connectivity index (χ2v) is 4.58. The molecule has 2 nitrogen and oxygen atoms in total. The van der Waals surface area contributed by atoms with E-state index in [0.717, 1.165) is 12.3 Å². The Morgan fingerprint density at radius 1 is 1.67 bits per heavy atom. The molecule has 1 heterocycles. The fourth-order valence-electron chi connectivity index (χ4n) is 1.47. The van der Waals surface area contributed by atoms with E-state index in [1.807, 2.05) is 11.7 Å². The van der Waals surface area contributed by atoms with Gasteiger partial charge in [0.2, 0.25) is 0 Å². The first kappa shape index (κ1) is 8.20. The first-order valence-corrected chi connectivity index (χ1v) is 5.35. The minimum atomic E-state index is 0.359. The molecule has 0 bridgehead atoms. The fourth-order valence-corrected chi connectivity index (χ4v) is 2.16. The monoisotopic (exact) mass is 182 g/mol. The van der Waals surface area contributed by atoms with E-state index >= 15 is 0 Å². The van der Waals surface area contributed by atoms with Crippen molar-refractivity contribution in [3.8, 4) is 0 Å². The van der Waals surface area contributed by atoms with Crippen molar-refractivity contribution in [1.29, 1.82) is 0 Å². The van der Waals surface area contributed by atoms with Gasteiger partial charge in [-0.2, -0.15) is 0 Å². The van der Waals surface area contributed by atoms with E-state index in [1.165, 1.54) is 24.1 Å². The van der Waals surface area contributed by atoms with Crippen LogP contribution in [0.4, 0.5) is 0 Å². The van der Waals surface area contributed by atoms with Crippen molar-refractivity contribution < 1.29 is 0 Å². The molecular formula is C9H14N2S. The summed E-state index contributed by atoms with van der Waals surface area (Å²) < 4.78 is 0.